The van der Waals surface area contributed by atoms with E-state index in [0.29, 0.717) is 24.2 Å². The third-order valence-electron chi connectivity index (χ3n) is 5.49. The zero-order chi connectivity index (χ0) is 16.7. The lowest BCUT2D eigenvalue weighted by atomic mass is 9.59. The number of fused-ring (bicyclic) bond motifs is 1. The van der Waals surface area contributed by atoms with Gasteiger partial charge in [0, 0.05) is 30.8 Å². The minimum atomic E-state index is -0.0886. The van der Waals surface area contributed by atoms with Crippen molar-refractivity contribution >= 4 is 5.91 Å². The van der Waals surface area contributed by atoms with Gasteiger partial charge in [0.05, 0.1) is 0 Å². The molecule has 0 heterocycles. The maximum atomic E-state index is 12.0. The molecule has 3 heteroatoms. The number of carbonyl (C=O) groups excluding carboxylic acids is 1. The second-order valence-electron chi connectivity index (χ2n) is 7.27. The highest BCUT2D eigenvalue weighted by Crippen LogP contribution is 2.55. The summed E-state index contributed by atoms with van der Waals surface area (Å²) in [5.74, 6) is 1.36. The molecular weight excluding hydrogens is 296 g/mol. The minimum absolute atomic E-state index is 0.0630. The SMILES string of the molecule is CC(N)CC(=O)NCC1CC2c3ccccc3C1c1ccccc12. The summed E-state index contributed by atoms with van der Waals surface area (Å²) in [5, 5.41) is 3.11. The summed E-state index contributed by atoms with van der Waals surface area (Å²) in [4.78, 5) is 12.0. The zero-order valence-corrected chi connectivity index (χ0v) is 14.0. The predicted octanol–water partition coefficient (Wildman–Crippen LogP) is 3.14. The lowest BCUT2D eigenvalue weighted by molar-refractivity contribution is -0.121. The van der Waals surface area contributed by atoms with Crippen molar-refractivity contribution in [1.82, 2.24) is 5.32 Å². The summed E-state index contributed by atoms with van der Waals surface area (Å²) < 4.78 is 0. The van der Waals surface area contributed by atoms with Gasteiger partial charge in [-0.2, -0.15) is 0 Å². The van der Waals surface area contributed by atoms with Gasteiger partial charge in [-0.15, -0.1) is 0 Å². The summed E-state index contributed by atoms with van der Waals surface area (Å²) in [5.41, 5.74) is 11.6. The summed E-state index contributed by atoms with van der Waals surface area (Å²) in [6.07, 6.45) is 1.51. The van der Waals surface area contributed by atoms with Gasteiger partial charge >= 0.3 is 0 Å². The first-order valence-corrected chi connectivity index (χ1v) is 8.85. The quantitative estimate of drug-likeness (QED) is 0.909. The Labute approximate surface area is 143 Å². The second-order valence-corrected chi connectivity index (χ2v) is 7.27. The Kier molecular flexibility index (Phi) is 3.89. The number of carbonyl (C=O) groups is 1. The number of nitrogens with two attached hydrogens (primary N) is 1. The van der Waals surface area contributed by atoms with E-state index < -0.39 is 0 Å². The molecule has 2 bridgehead atoms. The van der Waals surface area contributed by atoms with Crippen molar-refractivity contribution in [3.63, 3.8) is 0 Å². The average molecular weight is 320 g/mol. The van der Waals surface area contributed by atoms with E-state index in [1.165, 1.54) is 22.3 Å². The van der Waals surface area contributed by atoms with E-state index in [2.05, 4.69) is 53.8 Å². The van der Waals surface area contributed by atoms with Crippen molar-refractivity contribution < 1.29 is 4.79 Å². The normalized spacial score (nSPS) is 24.8. The molecule has 0 saturated heterocycles. The van der Waals surface area contributed by atoms with Gasteiger partial charge < -0.3 is 11.1 Å². The van der Waals surface area contributed by atoms with Crippen LogP contribution in [0.25, 0.3) is 0 Å². The summed E-state index contributed by atoms with van der Waals surface area (Å²) in [7, 11) is 0. The smallest absolute Gasteiger partial charge is 0.221 e. The molecule has 2 atom stereocenters. The van der Waals surface area contributed by atoms with Gasteiger partial charge in [-0.1, -0.05) is 48.5 Å². The highest BCUT2D eigenvalue weighted by Gasteiger charge is 2.42. The molecule has 1 amide bonds. The molecule has 2 aromatic carbocycles. The zero-order valence-electron chi connectivity index (χ0n) is 14.0. The fourth-order valence-electron chi connectivity index (χ4n) is 4.57. The third-order valence-corrected chi connectivity index (χ3v) is 5.49. The number of rotatable bonds is 4. The van der Waals surface area contributed by atoms with E-state index in [1.807, 2.05) is 6.92 Å². The molecule has 124 valence electrons. The van der Waals surface area contributed by atoms with Crippen LogP contribution in [0.1, 0.15) is 53.9 Å². The Morgan fingerprint density at radius 1 is 1.08 bits per heavy atom. The molecular formula is C21H24N2O. The summed E-state index contributed by atoms with van der Waals surface area (Å²) >= 11 is 0. The van der Waals surface area contributed by atoms with Crippen molar-refractivity contribution in [2.75, 3.05) is 6.54 Å². The number of hydrogen-bond donors (Lipinski definition) is 2. The molecule has 0 fully saturated rings. The second kappa shape index (κ2) is 6.06. The Balaban J connectivity index is 1.63. The molecule has 3 aliphatic carbocycles. The average Bonchev–Trinajstić information content (AvgIpc) is 2.59. The maximum Gasteiger partial charge on any atom is 0.221 e. The Bertz CT molecular complexity index is 720. The van der Waals surface area contributed by atoms with Crippen LogP contribution in [0.3, 0.4) is 0 Å². The van der Waals surface area contributed by atoms with E-state index in [1.54, 1.807) is 0 Å². The first-order valence-electron chi connectivity index (χ1n) is 8.85. The molecule has 24 heavy (non-hydrogen) atoms. The highest BCUT2D eigenvalue weighted by molar-refractivity contribution is 5.76. The van der Waals surface area contributed by atoms with Crippen LogP contribution in [-0.4, -0.2) is 18.5 Å². The number of hydrogen-bond acceptors (Lipinski definition) is 2. The Morgan fingerprint density at radius 2 is 1.62 bits per heavy atom. The van der Waals surface area contributed by atoms with Gasteiger partial charge in [0.2, 0.25) is 5.91 Å². The fraction of sp³-hybridized carbons (Fsp3) is 0.381. The van der Waals surface area contributed by atoms with Crippen LogP contribution in [0.5, 0.6) is 0 Å². The van der Waals surface area contributed by atoms with Crippen LogP contribution in [-0.2, 0) is 4.79 Å². The highest BCUT2D eigenvalue weighted by atomic mass is 16.1. The molecule has 0 spiro atoms. The van der Waals surface area contributed by atoms with Gasteiger partial charge in [0.25, 0.3) is 0 Å². The van der Waals surface area contributed by atoms with E-state index in [4.69, 9.17) is 5.73 Å². The van der Waals surface area contributed by atoms with Crippen LogP contribution in [0.15, 0.2) is 48.5 Å². The largest absolute Gasteiger partial charge is 0.356 e. The lowest BCUT2D eigenvalue weighted by Gasteiger charge is -2.45. The van der Waals surface area contributed by atoms with Gasteiger partial charge in [0.1, 0.15) is 0 Å². The van der Waals surface area contributed by atoms with Crippen LogP contribution >= 0.6 is 0 Å². The summed E-state index contributed by atoms with van der Waals surface area (Å²) in [6.45, 7) is 2.60. The monoisotopic (exact) mass is 320 g/mol. The molecule has 2 unspecified atom stereocenters. The molecule has 5 rings (SSSR count). The number of benzene rings is 2. The van der Waals surface area contributed by atoms with Gasteiger partial charge in [-0.05, 0) is 41.5 Å². The Hall–Kier alpha value is -2.13. The topological polar surface area (TPSA) is 55.1 Å². The molecule has 0 radical (unpaired) electrons. The van der Waals surface area contributed by atoms with Crippen molar-refractivity contribution in [2.24, 2.45) is 11.7 Å². The van der Waals surface area contributed by atoms with Crippen LogP contribution in [0.2, 0.25) is 0 Å². The fourth-order valence-corrected chi connectivity index (χ4v) is 4.57. The van der Waals surface area contributed by atoms with E-state index in [-0.39, 0.29) is 11.9 Å². The summed E-state index contributed by atoms with van der Waals surface area (Å²) in [6, 6.07) is 17.5. The molecule has 2 aromatic rings. The van der Waals surface area contributed by atoms with Crippen molar-refractivity contribution in [3.8, 4) is 0 Å². The van der Waals surface area contributed by atoms with Crippen molar-refractivity contribution in [1.29, 1.82) is 0 Å². The molecule has 3 nitrogen and oxygen atoms in total. The predicted molar refractivity (Wildman–Crippen MR) is 96.0 cm³/mol. The first-order chi connectivity index (χ1) is 11.6. The van der Waals surface area contributed by atoms with Crippen molar-refractivity contribution in [2.45, 2.75) is 37.6 Å². The molecule has 0 aromatic heterocycles. The van der Waals surface area contributed by atoms with Gasteiger partial charge in [0.15, 0.2) is 0 Å². The van der Waals surface area contributed by atoms with E-state index in [0.717, 1.165) is 13.0 Å². The maximum absolute atomic E-state index is 12.0. The third kappa shape index (κ3) is 2.53. The molecule has 3 N–H and O–H groups in total. The van der Waals surface area contributed by atoms with Crippen LogP contribution < -0.4 is 11.1 Å². The molecule has 0 aliphatic heterocycles. The minimum Gasteiger partial charge on any atom is -0.356 e. The van der Waals surface area contributed by atoms with Gasteiger partial charge in [-0.3, -0.25) is 4.79 Å². The Morgan fingerprint density at radius 3 is 2.17 bits per heavy atom. The molecule has 3 aliphatic rings. The van der Waals surface area contributed by atoms with Gasteiger partial charge in [-0.25, -0.2) is 0 Å². The number of amides is 1. The van der Waals surface area contributed by atoms with Crippen molar-refractivity contribution in [3.05, 3.63) is 70.8 Å². The molecule has 0 saturated carbocycles. The van der Waals surface area contributed by atoms with Crippen LogP contribution in [0.4, 0.5) is 0 Å². The standard InChI is InChI=1S/C21H24N2O/c1-13(22)10-20(24)23-12-14-11-19-15-6-2-4-8-17(15)21(14)18-9-5-3-7-16(18)19/h2-9,13-14,19,21H,10-12,22H2,1H3,(H,23,24). The lowest BCUT2D eigenvalue weighted by Crippen LogP contribution is -2.40. The number of nitrogens with one attached hydrogen (secondary N) is 1. The van der Waals surface area contributed by atoms with Crippen LogP contribution in [0, 0.1) is 5.92 Å². The first kappa shape index (κ1) is 15.4. The van der Waals surface area contributed by atoms with E-state index in [9.17, 15) is 4.79 Å². The van der Waals surface area contributed by atoms with E-state index >= 15 is 0 Å².